The van der Waals surface area contributed by atoms with Crippen LogP contribution in [-0.4, -0.2) is 29.4 Å². The van der Waals surface area contributed by atoms with Crippen LogP contribution in [0.1, 0.15) is 37.3 Å². The summed E-state index contributed by atoms with van der Waals surface area (Å²) in [5.74, 6) is 0.904. The number of rotatable bonds is 6. The number of benzene rings is 2. The molecule has 134 valence electrons. The standard InChI is InChI=1S/C20H22N4O2/c1-2-3-10-15-26-20(25)24-19(17-13-8-5-9-14-17)22-21-18(23-24)16-11-6-4-7-12-16/h4-9,11-14H,2-3,10,15H2,1H3,(H,21,23). The number of ether oxygens (including phenoxy) is 1. The first-order valence-corrected chi connectivity index (χ1v) is 8.79. The lowest BCUT2D eigenvalue weighted by atomic mass is 10.2. The number of nitrogens with one attached hydrogen (secondary N) is 1. The van der Waals surface area contributed by atoms with Gasteiger partial charge in [0, 0.05) is 11.1 Å². The van der Waals surface area contributed by atoms with Gasteiger partial charge in [-0.3, -0.25) is 5.43 Å². The molecule has 0 spiro atoms. The third-order valence-corrected chi connectivity index (χ3v) is 3.91. The van der Waals surface area contributed by atoms with Crippen LogP contribution in [0.5, 0.6) is 0 Å². The molecule has 1 heterocycles. The summed E-state index contributed by atoms with van der Waals surface area (Å²) in [6.07, 6.45) is 2.44. The van der Waals surface area contributed by atoms with Crippen molar-refractivity contribution in [3.8, 4) is 0 Å². The van der Waals surface area contributed by atoms with Crippen molar-refractivity contribution in [3.63, 3.8) is 0 Å². The second-order valence-electron chi connectivity index (χ2n) is 5.87. The Balaban J connectivity index is 1.84. The summed E-state index contributed by atoms with van der Waals surface area (Å²) >= 11 is 0. The van der Waals surface area contributed by atoms with Crippen LogP contribution in [-0.2, 0) is 4.74 Å². The van der Waals surface area contributed by atoms with Gasteiger partial charge in [-0.1, -0.05) is 80.4 Å². The van der Waals surface area contributed by atoms with Gasteiger partial charge < -0.3 is 4.74 Å². The highest BCUT2D eigenvalue weighted by atomic mass is 16.6. The summed E-state index contributed by atoms with van der Waals surface area (Å²) in [6.45, 7) is 2.49. The molecule has 6 heteroatoms. The number of amidine groups is 2. The Kier molecular flexibility index (Phi) is 5.98. The number of hydrogen-bond acceptors (Lipinski definition) is 5. The molecule has 6 nitrogen and oxygen atoms in total. The van der Waals surface area contributed by atoms with Gasteiger partial charge in [0.25, 0.3) is 0 Å². The number of hydrogen-bond donors (Lipinski definition) is 1. The number of nitrogens with zero attached hydrogens (tertiary/aromatic N) is 3. The molecular weight excluding hydrogens is 328 g/mol. The van der Waals surface area contributed by atoms with Crippen molar-refractivity contribution in [2.75, 3.05) is 6.61 Å². The molecule has 1 aliphatic rings. The van der Waals surface area contributed by atoms with Gasteiger partial charge in [0.05, 0.1) is 6.61 Å². The van der Waals surface area contributed by atoms with E-state index >= 15 is 0 Å². The second kappa shape index (κ2) is 8.80. The van der Waals surface area contributed by atoms with Gasteiger partial charge in [-0.15, -0.1) is 10.2 Å². The van der Waals surface area contributed by atoms with Crippen molar-refractivity contribution in [3.05, 3.63) is 71.8 Å². The third kappa shape index (κ3) is 4.27. The van der Waals surface area contributed by atoms with E-state index in [-0.39, 0.29) is 0 Å². The molecule has 1 amide bonds. The minimum Gasteiger partial charge on any atom is -0.448 e. The predicted molar refractivity (Wildman–Crippen MR) is 102 cm³/mol. The SMILES string of the molecule is CCCCCOC(=O)N1NC(c2ccccc2)=NN=C1c1ccccc1. The van der Waals surface area contributed by atoms with Gasteiger partial charge in [0.15, 0.2) is 11.7 Å². The quantitative estimate of drug-likeness (QED) is 0.803. The van der Waals surface area contributed by atoms with Gasteiger partial charge in [-0.25, -0.2) is 4.79 Å². The van der Waals surface area contributed by atoms with Crippen LogP contribution in [0, 0.1) is 0 Å². The Morgan fingerprint density at radius 3 is 2.27 bits per heavy atom. The molecule has 0 radical (unpaired) electrons. The minimum absolute atomic E-state index is 0.380. The van der Waals surface area contributed by atoms with Gasteiger partial charge in [-0.2, -0.15) is 5.01 Å². The normalized spacial score (nSPS) is 13.5. The van der Waals surface area contributed by atoms with E-state index in [0.29, 0.717) is 18.3 Å². The largest absolute Gasteiger partial charge is 0.448 e. The summed E-state index contributed by atoms with van der Waals surface area (Å²) < 4.78 is 5.41. The molecule has 0 bridgehead atoms. The summed E-state index contributed by atoms with van der Waals surface area (Å²) in [5.41, 5.74) is 4.66. The number of amides is 1. The van der Waals surface area contributed by atoms with Crippen LogP contribution in [0.4, 0.5) is 4.79 Å². The topological polar surface area (TPSA) is 66.3 Å². The van der Waals surface area contributed by atoms with Gasteiger partial charge >= 0.3 is 6.09 Å². The van der Waals surface area contributed by atoms with Crippen molar-refractivity contribution < 1.29 is 9.53 Å². The predicted octanol–water partition coefficient (Wildman–Crippen LogP) is 3.94. The Labute approximate surface area is 153 Å². The summed E-state index contributed by atoms with van der Waals surface area (Å²) in [6, 6.07) is 19.0. The van der Waals surface area contributed by atoms with Crippen molar-refractivity contribution in [1.82, 2.24) is 10.4 Å². The maximum absolute atomic E-state index is 12.6. The Morgan fingerprint density at radius 1 is 0.962 bits per heavy atom. The number of carbonyl (C=O) groups is 1. The van der Waals surface area contributed by atoms with Crippen LogP contribution in [0.3, 0.4) is 0 Å². The molecule has 1 N–H and O–H groups in total. The highest BCUT2D eigenvalue weighted by Crippen LogP contribution is 2.12. The van der Waals surface area contributed by atoms with Gasteiger partial charge in [0.1, 0.15) is 0 Å². The molecule has 0 atom stereocenters. The zero-order valence-electron chi connectivity index (χ0n) is 14.8. The van der Waals surface area contributed by atoms with E-state index in [9.17, 15) is 4.79 Å². The third-order valence-electron chi connectivity index (χ3n) is 3.91. The number of carbonyl (C=O) groups excluding carboxylic acids is 1. The molecule has 2 aromatic carbocycles. The minimum atomic E-state index is -0.493. The smallest absolute Gasteiger partial charge is 0.435 e. The van der Waals surface area contributed by atoms with E-state index < -0.39 is 6.09 Å². The molecule has 0 aliphatic carbocycles. The molecule has 3 rings (SSSR count). The molecule has 26 heavy (non-hydrogen) atoms. The van der Waals surface area contributed by atoms with Crippen molar-refractivity contribution >= 4 is 17.8 Å². The molecule has 0 aromatic heterocycles. The first-order chi connectivity index (χ1) is 12.8. The first kappa shape index (κ1) is 17.7. The van der Waals surface area contributed by atoms with Gasteiger partial charge in [0.2, 0.25) is 0 Å². The average molecular weight is 350 g/mol. The number of hydrazine groups is 1. The lowest BCUT2D eigenvalue weighted by Crippen LogP contribution is -2.52. The van der Waals surface area contributed by atoms with Crippen LogP contribution in [0.25, 0.3) is 0 Å². The Bertz CT molecular complexity index is 788. The summed E-state index contributed by atoms with van der Waals surface area (Å²) in [5, 5.41) is 9.83. The molecule has 0 unspecified atom stereocenters. The summed E-state index contributed by atoms with van der Waals surface area (Å²) in [7, 11) is 0. The number of unbranched alkanes of at least 4 members (excludes halogenated alkanes) is 2. The lowest BCUT2D eigenvalue weighted by molar-refractivity contribution is 0.114. The van der Waals surface area contributed by atoms with E-state index in [1.807, 2.05) is 60.7 Å². The van der Waals surface area contributed by atoms with Crippen LogP contribution in [0.15, 0.2) is 70.9 Å². The Hall–Kier alpha value is -3.15. The van der Waals surface area contributed by atoms with Gasteiger partial charge in [-0.05, 0) is 6.42 Å². The second-order valence-corrected chi connectivity index (χ2v) is 5.87. The fraction of sp³-hybridized carbons (Fsp3) is 0.250. The van der Waals surface area contributed by atoms with E-state index in [4.69, 9.17) is 4.74 Å². The van der Waals surface area contributed by atoms with E-state index in [1.54, 1.807) is 0 Å². The fourth-order valence-corrected chi connectivity index (χ4v) is 2.52. The molecular formula is C20H22N4O2. The highest BCUT2D eigenvalue weighted by molar-refractivity contribution is 6.11. The monoisotopic (exact) mass is 350 g/mol. The van der Waals surface area contributed by atoms with Crippen molar-refractivity contribution in [2.24, 2.45) is 10.2 Å². The Morgan fingerprint density at radius 2 is 1.62 bits per heavy atom. The fourth-order valence-electron chi connectivity index (χ4n) is 2.52. The summed E-state index contributed by atoms with van der Waals surface area (Å²) in [4.78, 5) is 12.6. The average Bonchev–Trinajstić information content (AvgIpc) is 2.72. The van der Waals surface area contributed by atoms with E-state index in [1.165, 1.54) is 5.01 Å². The first-order valence-electron chi connectivity index (χ1n) is 8.79. The molecule has 0 saturated heterocycles. The van der Waals surface area contributed by atoms with Crippen LogP contribution in [0.2, 0.25) is 0 Å². The maximum Gasteiger partial charge on any atom is 0.435 e. The van der Waals surface area contributed by atoms with Crippen LogP contribution >= 0.6 is 0 Å². The molecule has 0 fully saturated rings. The molecule has 2 aromatic rings. The van der Waals surface area contributed by atoms with E-state index in [2.05, 4.69) is 22.6 Å². The zero-order chi connectivity index (χ0) is 18.2. The molecule has 0 saturated carbocycles. The molecule has 1 aliphatic heterocycles. The van der Waals surface area contributed by atoms with E-state index in [0.717, 1.165) is 30.4 Å². The van der Waals surface area contributed by atoms with Crippen molar-refractivity contribution in [1.29, 1.82) is 0 Å². The maximum atomic E-state index is 12.6. The highest BCUT2D eigenvalue weighted by Gasteiger charge is 2.27. The lowest BCUT2D eigenvalue weighted by Gasteiger charge is -2.27. The van der Waals surface area contributed by atoms with Crippen molar-refractivity contribution in [2.45, 2.75) is 26.2 Å². The van der Waals surface area contributed by atoms with Crippen LogP contribution < -0.4 is 5.43 Å². The zero-order valence-corrected chi connectivity index (χ0v) is 14.8.